The van der Waals surface area contributed by atoms with Gasteiger partial charge in [0.05, 0.1) is 5.56 Å². The van der Waals surface area contributed by atoms with Crippen LogP contribution in [0.25, 0.3) is 33.4 Å². The number of hydrogen-bond acceptors (Lipinski definition) is 12. The summed E-state index contributed by atoms with van der Waals surface area (Å²) in [5, 5.41) is 21.2. The molecule has 142 heavy (non-hydrogen) atoms. The fourth-order valence-electron chi connectivity index (χ4n) is 19.3. The number of nitrogens with one attached hydrogen (secondary N) is 6. The third-order valence-corrected chi connectivity index (χ3v) is 27.6. The van der Waals surface area contributed by atoms with Crippen LogP contribution in [0.15, 0.2) is 319 Å². The second-order valence-corrected chi connectivity index (χ2v) is 38.0. The molecule has 6 aliphatic rings. The van der Waals surface area contributed by atoms with Crippen molar-refractivity contribution in [2.24, 2.45) is 0 Å². The Morgan fingerprint density at radius 1 is 0.218 bits per heavy atom. The summed E-state index contributed by atoms with van der Waals surface area (Å²) in [4.78, 5) is 69.1. The van der Waals surface area contributed by atoms with E-state index >= 15 is 0 Å². The number of halogens is 4. The largest absolute Gasteiger partial charge is 0.417 e. The number of benzene rings is 12. The van der Waals surface area contributed by atoms with Gasteiger partial charge in [-0.1, -0.05) is 329 Å². The van der Waals surface area contributed by atoms with Crippen molar-refractivity contribution in [2.75, 3.05) is 78.5 Å². The number of aryl methyl sites for hydroxylation is 5. The third kappa shape index (κ3) is 29.3. The van der Waals surface area contributed by atoms with Crippen LogP contribution in [0.2, 0.25) is 5.02 Å². The number of alkyl halides is 3. The van der Waals surface area contributed by atoms with Gasteiger partial charge >= 0.3 is 6.18 Å². The van der Waals surface area contributed by atoms with Crippen LogP contribution in [0.1, 0.15) is 281 Å². The van der Waals surface area contributed by atoms with Gasteiger partial charge in [0.1, 0.15) is 0 Å². The van der Waals surface area contributed by atoms with E-state index < -0.39 is 11.7 Å². The van der Waals surface area contributed by atoms with E-state index in [0.717, 1.165) is 193 Å². The Bertz CT molecular complexity index is 6460. The highest BCUT2D eigenvalue weighted by Gasteiger charge is 2.35. The molecule has 6 saturated heterocycles. The van der Waals surface area contributed by atoms with Crippen molar-refractivity contribution in [3.8, 4) is 0 Å². The van der Waals surface area contributed by atoms with Gasteiger partial charge in [-0.15, -0.1) is 0 Å². The van der Waals surface area contributed by atoms with Crippen LogP contribution in [0.3, 0.4) is 0 Å². The lowest BCUT2D eigenvalue weighted by Crippen LogP contribution is -2.24. The fraction of sp³-hybridized carbons (Fsp3) is 0.286. The molecule has 0 amide bonds. The van der Waals surface area contributed by atoms with Crippen LogP contribution >= 0.6 is 11.6 Å². The molecule has 0 atom stereocenters. The van der Waals surface area contributed by atoms with Crippen LogP contribution in [0, 0.1) is 34.6 Å². The monoisotopic (exact) mass is 1920 g/mol. The molecule has 6 fully saturated rings. The van der Waals surface area contributed by atoms with Crippen molar-refractivity contribution in [1.82, 2.24) is 31.9 Å². The first-order valence-corrected chi connectivity index (χ1v) is 50.4. The number of carbonyl (C=O) groups is 6. The molecule has 0 aromatic heterocycles. The first-order valence-electron chi connectivity index (χ1n) is 50.0. The maximum atomic E-state index is 13.6. The Hall–Kier alpha value is -13.1. The maximum Gasteiger partial charge on any atom is 0.417 e. The van der Waals surface area contributed by atoms with E-state index in [1.54, 1.807) is 65.0 Å². The third-order valence-electron chi connectivity index (χ3n) is 27.2. The van der Waals surface area contributed by atoms with Crippen molar-refractivity contribution in [1.29, 1.82) is 0 Å². The highest BCUT2D eigenvalue weighted by Crippen LogP contribution is 2.43. The number of Topliss-reactive ketones (excluding diaryl/α,β-unsaturated/α-hetero) is 6. The van der Waals surface area contributed by atoms with E-state index in [-0.39, 0.29) is 40.3 Å². The molecule has 0 aliphatic carbocycles. The number of hydrogen-bond donors (Lipinski definition) is 6. The van der Waals surface area contributed by atoms with E-state index in [2.05, 4.69) is 229 Å². The average Bonchev–Trinajstić information content (AvgIpc) is 0.779. The second kappa shape index (κ2) is 52.1. The van der Waals surface area contributed by atoms with Gasteiger partial charge in [0.25, 0.3) is 0 Å². The Balaban J connectivity index is 0.000000143. The fourth-order valence-corrected chi connectivity index (χ4v) is 19.5. The van der Waals surface area contributed by atoms with Gasteiger partial charge in [0.15, 0.2) is 34.7 Å². The normalized spacial score (nSPS) is 14.7. The van der Waals surface area contributed by atoms with Gasteiger partial charge in [-0.3, -0.25) is 28.8 Å². The van der Waals surface area contributed by atoms with E-state index in [9.17, 15) is 41.9 Å². The average molecular weight is 1920 g/mol. The van der Waals surface area contributed by atoms with Crippen molar-refractivity contribution in [2.45, 2.75) is 159 Å². The molecule has 18 rings (SSSR count). The molecule has 0 spiro atoms. The molecular formula is C126H134ClF3N6O6. The standard InChI is InChI=1S/C21H22ClNO.C21H20F3NO.4C21H23NO/c1-14-13-19(7-8-20(14)22)21(18-9-11-23-12-10-18)17-5-3-16(4-6-17)15(2)24;1-14(26)15-6-8-16(9-7-15)20(17-10-12-25-13-11-17)18-4-2-3-5-19(18)21(22,23)24;2*1-15-3-5-18(6-4-15)21(20-11-13-22-14-12-20)19-9-7-17(8-10-19)16(2)23;1-15-4-3-5-20(14-15)21(19-10-12-22-13-11-19)18-8-6-17(7-9-18)16(2)23;1-15-5-3-4-6-20(15)21(19-11-13-22-14-12-19)18-9-7-17(8-10-18)16(2)23/h3-8,13,23H,9-12H2,1-2H3;2-9,25H,10-13H2,1H3;2*3-10,22H,11-14H2,1-2H3;3-9,14,22H,10-13H2,1-2H3;3-10,22H,11-14H2,1-2H3. The van der Waals surface area contributed by atoms with E-state index in [1.807, 2.05) is 73.7 Å². The van der Waals surface area contributed by atoms with E-state index in [4.69, 9.17) is 11.6 Å². The lowest BCUT2D eigenvalue weighted by atomic mass is 9.86. The molecule has 12 aromatic carbocycles. The summed E-state index contributed by atoms with van der Waals surface area (Å²) in [5.74, 6) is 0.487. The Kier molecular flexibility index (Phi) is 39.0. The Morgan fingerprint density at radius 2 is 0.437 bits per heavy atom. The van der Waals surface area contributed by atoms with Gasteiger partial charge in [-0.2, -0.15) is 13.2 Å². The van der Waals surface area contributed by atoms with E-state index in [0.29, 0.717) is 29.5 Å². The van der Waals surface area contributed by atoms with Gasteiger partial charge in [-0.25, -0.2) is 0 Å². The Labute approximate surface area is 843 Å². The first-order chi connectivity index (χ1) is 68.5. The number of rotatable bonds is 18. The van der Waals surface area contributed by atoms with Crippen molar-refractivity contribution >= 4 is 79.7 Å². The zero-order chi connectivity index (χ0) is 101. The number of piperidine rings is 6. The maximum absolute atomic E-state index is 13.6. The zero-order valence-corrected chi connectivity index (χ0v) is 84.8. The zero-order valence-electron chi connectivity index (χ0n) is 84.1. The molecule has 6 heterocycles. The molecule has 12 nitrogen and oxygen atoms in total. The highest BCUT2D eigenvalue weighted by molar-refractivity contribution is 6.31. The minimum Gasteiger partial charge on any atom is -0.316 e. The number of ketones is 6. The topological polar surface area (TPSA) is 175 Å². The quantitative estimate of drug-likeness (QED) is 0.0450. The Morgan fingerprint density at radius 3 is 0.697 bits per heavy atom. The molecule has 16 heteroatoms. The van der Waals surface area contributed by atoms with Crippen LogP contribution in [-0.4, -0.2) is 113 Å². The predicted molar refractivity (Wildman–Crippen MR) is 580 cm³/mol. The van der Waals surface area contributed by atoms with Gasteiger partial charge < -0.3 is 31.9 Å². The lowest BCUT2D eigenvalue weighted by Gasteiger charge is -2.23. The summed E-state index contributed by atoms with van der Waals surface area (Å²) in [6, 6.07) is 93.7. The molecule has 0 saturated carbocycles. The van der Waals surface area contributed by atoms with Gasteiger partial charge in [0.2, 0.25) is 0 Å². The van der Waals surface area contributed by atoms with Crippen molar-refractivity contribution < 1.29 is 41.9 Å². The minimum absolute atomic E-state index is 0.0664. The second-order valence-electron chi connectivity index (χ2n) is 37.6. The minimum atomic E-state index is -4.42. The van der Waals surface area contributed by atoms with Crippen LogP contribution < -0.4 is 31.9 Å². The molecule has 12 aromatic rings. The summed E-state index contributed by atoms with van der Waals surface area (Å²) in [6.07, 6.45) is 7.73. The van der Waals surface area contributed by atoms with E-state index in [1.165, 1.54) is 153 Å². The number of carbonyl (C=O) groups excluding carboxylic acids is 6. The summed E-state index contributed by atoms with van der Waals surface area (Å²) >= 11 is 6.21. The molecule has 732 valence electrons. The summed E-state index contributed by atoms with van der Waals surface area (Å²) in [5.41, 5.74) is 38.9. The van der Waals surface area contributed by atoms with Gasteiger partial charge in [-0.05, 0) is 361 Å². The molecule has 0 bridgehead atoms. The lowest BCUT2D eigenvalue weighted by molar-refractivity contribution is -0.137. The molecule has 6 N–H and O–H groups in total. The van der Waals surface area contributed by atoms with Crippen LogP contribution in [0.5, 0.6) is 0 Å². The van der Waals surface area contributed by atoms with Crippen LogP contribution in [0.4, 0.5) is 13.2 Å². The highest BCUT2D eigenvalue weighted by atomic mass is 35.5. The van der Waals surface area contributed by atoms with Crippen molar-refractivity contribution in [3.63, 3.8) is 0 Å². The van der Waals surface area contributed by atoms with Crippen molar-refractivity contribution in [3.05, 3.63) is 457 Å². The molecule has 6 aliphatic heterocycles. The summed E-state index contributed by atoms with van der Waals surface area (Å²) < 4.78 is 40.7. The molecule has 0 unspecified atom stereocenters. The predicted octanol–water partition coefficient (Wildman–Crippen LogP) is 27.7. The smallest absolute Gasteiger partial charge is 0.316 e. The summed E-state index contributed by atoms with van der Waals surface area (Å²) in [7, 11) is 0. The molecule has 0 radical (unpaired) electrons. The molecular weight excluding hydrogens is 1790 g/mol. The SMILES string of the molecule is CC(=O)c1ccc(C(=C2CCNCC2)c2ccc(C)cc2)cc1.CC(=O)c1ccc(C(=C2CCNCC2)c2ccc(C)cc2)cc1.CC(=O)c1ccc(C(=C2CCNCC2)c2ccc(Cl)c(C)c2)cc1.CC(=O)c1ccc(C(=C2CCNCC2)c2cccc(C)c2)cc1.CC(=O)c1ccc(C(=C2CCNCC2)c2ccccc2C(F)(F)F)cc1.CC(=O)c1ccc(C(=C2CCNCC2)c2ccccc2C)cc1. The first kappa shape index (κ1) is 106. The van der Waals surface area contributed by atoms with Gasteiger partial charge in [0, 0.05) is 38.4 Å². The van der Waals surface area contributed by atoms with Crippen LogP contribution in [-0.2, 0) is 6.18 Å². The summed E-state index contributed by atoms with van der Waals surface area (Å²) in [6.45, 7) is 31.9.